The number of para-hydroxylation sites is 1. The lowest BCUT2D eigenvalue weighted by molar-refractivity contribution is 0.0914. The highest BCUT2D eigenvalue weighted by molar-refractivity contribution is 5.92. The van der Waals surface area contributed by atoms with Gasteiger partial charge in [0, 0.05) is 12.1 Å². The van der Waals surface area contributed by atoms with Crippen LogP contribution < -0.4 is 10.9 Å². The van der Waals surface area contributed by atoms with Crippen LogP contribution in [0.3, 0.4) is 0 Å². The van der Waals surface area contributed by atoms with Gasteiger partial charge in [-0.2, -0.15) is 9.78 Å². The molecule has 120 valence electrons. The van der Waals surface area contributed by atoms with Gasteiger partial charge in [0.2, 0.25) is 0 Å². The van der Waals surface area contributed by atoms with Gasteiger partial charge in [-0.25, -0.2) is 0 Å². The van der Waals surface area contributed by atoms with Gasteiger partial charge in [-0.1, -0.05) is 38.0 Å². The first-order chi connectivity index (χ1) is 11.1. The third kappa shape index (κ3) is 3.67. The monoisotopic (exact) mass is 311 g/mol. The minimum Gasteiger partial charge on any atom is -0.348 e. The van der Waals surface area contributed by atoms with E-state index in [2.05, 4.69) is 17.3 Å². The fourth-order valence-corrected chi connectivity index (χ4v) is 3.11. The molecule has 0 spiro atoms. The van der Waals surface area contributed by atoms with Crippen LogP contribution in [0.1, 0.15) is 43.1 Å². The maximum absolute atomic E-state index is 12.4. The Bertz CT molecular complexity index is 739. The highest BCUT2D eigenvalue weighted by Gasteiger charge is 2.21. The molecule has 1 N–H and O–H groups in total. The van der Waals surface area contributed by atoms with Gasteiger partial charge < -0.3 is 5.32 Å². The summed E-state index contributed by atoms with van der Waals surface area (Å²) in [6.07, 6.45) is 4.38. The van der Waals surface area contributed by atoms with Crippen molar-refractivity contribution >= 4 is 5.91 Å². The molecular formula is C18H21N3O2. The fourth-order valence-electron chi connectivity index (χ4n) is 3.11. The Morgan fingerprint density at radius 2 is 1.96 bits per heavy atom. The van der Waals surface area contributed by atoms with Gasteiger partial charge in [0.25, 0.3) is 11.5 Å². The summed E-state index contributed by atoms with van der Waals surface area (Å²) < 4.78 is 1.26. The van der Waals surface area contributed by atoms with E-state index in [1.54, 1.807) is 12.1 Å². The fraction of sp³-hybridized carbons (Fsp3) is 0.389. The molecule has 0 radical (unpaired) electrons. The van der Waals surface area contributed by atoms with Crippen molar-refractivity contribution in [3.05, 3.63) is 58.5 Å². The smallest absolute Gasteiger partial charge is 0.271 e. The van der Waals surface area contributed by atoms with E-state index >= 15 is 0 Å². The van der Waals surface area contributed by atoms with Crippen LogP contribution in [0.25, 0.3) is 5.69 Å². The van der Waals surface area contributed by atoms with Gasteiger partial charge in [-0.3, -0.25) is 9.59 Å². The minimum atomic E-state index is -0.251. The number of nitrogens with one attached hydrogen (secondary N) is 1. The van der Waals surface area contributed by atoms with Crippen LogP contribution in [0.4, 0.5) is 0 Å². The van der Waals surface area contributed by atoms with Crippen LogP contribution in [-0.2, 0) is 0 Å². The number of hydrogen-bond acceptors (Lipinski definition) is 3. The number of hydrogen-bond donors (Lipinski definition) is 1. The molecule has 1 saturated carbocycles. The van der Waals surface area contributed by atoms with Crippen LogP contribution in [-0.4, -0.2) is 21.7 Å². The predicted octanol–water partition coefficient (Wildman–Crippen LogP) is 2.54. The van der Waals surface area contributed by atoms with E-state index in [9.17, 15) is 9.59 Å². The SMILES string of the molecule is CC1CCCC(NC(=O)c2ccc(=O)n(-c3ccccc3)n2)C1. The van der Waals surface area contributed by atoms with Crippen LogP contribution in [0.15, 0.2) is 47.3 Å². The Labute approximate surface area is 135 Å². The number of nitrogens with zero attached hydrogens (tertiary/aromatic N) is 2. The lowest BCUT2D eigenvalue weighted by Gasteiger charge is -2.27. The van der Waals surface area contributed by atoms with Gasteiger partial charge in [0.1, 0.15) is 5.69 Å². The average molecular weight is 311 g/mol. The summed E-state index contributed by atoms with van der Waals surface area (Å²) in [6, 6.07) is 12.2. The number of amides is 1. The molecule has 1 aromatic heterocycles. The maximum Gasteiger partial charge on any atom is 0.271 e. The summed E-state index contributed by atoms with van der Waals surface area (Å²) >= 11 is 0. The molecule has 1 aromatic carbocycles. The van der Waals surface area contributed by atoms with Gasteiger partial charge in [0.15, 0.2) is 0 Å². The molecule has 5 heteroatoms. The third-order valence-corrected chi connectivity index (χ3v) is 4.31. The molecule has 2 unspecified atom stereocenters. The normalized spacial score (nSPS) is 20.9. The van der Waals surface area contributed by atoms with Crippen molar-refractivity contribution in [3.63, 3.8) is 0 Å². The van der Waals surface area contributed by atoms with E-state index < -0.39 is 0 Å². The number of carbonyl (C=O) groups is 1. The Kier molecular flexibility index (Phi) is 4.55. The molecule has 0 saturated heterocycles. The van der Waals surface area contributed by atoms with Crippen LogP contribution in [0, 0.1) is 5.92 Å². The van der Waals surface area contributed by atoms with E-state index in [4.69, 9.17) is 0 Å². The van der Waals surface area contributed by atoms with Crippen LogP contribution in [0.5, 0.6) is 0 Å². The van der Waals surface area contributed by atoms with E-state index in [1.807, 2.05) is 18.2 Å². The van der Waals surface area contributed by atoms with Gasteiger partial charge in [-0.05, 0) is 37.0 Å². The lowest BCUT2D eigenvalue weighted by atomic mass is 9.87. The average Bonchev–Trinajstić information content (AvgIpc) is 2.56. The summed E-state index contributed by atoms with van der Waals surface area (Å²) in [6.45, 7) is 2.21. The summed E-state index contributed by atoms with van der Waals surface area (Å²) in [7, 11) is 0. The zero-order chi connectivity index (χ0) is 16.2. The van der Waals surface area contributed by atoms with Crippen LogP contribution >= 0.6 is 0 Å². The van der Waals surface area contributed by atoms with Gasteiger partial charge in [-0.15, -0.1) is 0 Å². The van der Waals surface area contributed by atoms with Gasteiger partial charge in [0.05, 0.1) is 5.69 Å². The molecule has 1 amide bonds. The first-order valence-corrected chi connectivity index (χ1v) is 8.10. The van der Waals surface area contributed by atoms with E-state index in [0.717, 1.165) is 19.3 Å². The van der Waals surface area contributed by atoms with E-state index in [-0.39, 0.29) is 23.2 Å². The van der Waals surface area contributed by atoms with Crippen molar-refractivity contribution in [2.24, 2.45) is 5.92 Å². The number of aromatic nitrogens is 2. The summed E-state index contributed by atoms with van der Waals surface area (Å²) in [5.41, 5.74) is 0.671. The Balaban J connectivity index is 1.80. The number of carbonyl (C=O) groups excluding carboxylic acids is 1. The highest BCUT2D eigenvalue weighted by atomic mass is 16.2. The number of benzene rings is 1. The first-order valence-electron chi connectivity index (χ1n) is 8.10. The van der Waals surface area contributed by atoms with E-state index in [1.165, 1.54) is 23.2 Å². The standard InChI is InChI=1S/C18H21N3O2/c1-13-6-5-7-14(12-13)19-18(23)16-10-11-17(22)21(20-16)15-8-3-2-4-9-15/h2-4,8-11,13-14H,5-7,12H2,1H3,(H,19,23). The third-order valence-electron chi connectivity index (χ3n) is 4.31. The molecule has 0 aliphatic heterocycles. The molecule has 0 bridgehead atoms. The highest BCUT2D eigenvalue weighted by Crippen LogP contribution is 2.23. The summed E-state index contributed by atoms with van der Waals surface area (Å²) in [4.78, 5) is 24.4. The molecule has 1 aliphatic rings. The maximum atomic E-state index is 12.4. The van der Waals surface area contributed by atoms with Crippen molar-refractivity contribution in [2.75, 3.05) is 0 Å². The Morgan fingerprint density at radius 1 is 1.17 bits per heavy atom. The van der Waals surface area contributed by atoms with Crippen molar-refractivity contribution in [2.45, 2.75) is 38.6 Å². The van der Waals surface area contributed by atoms with Crippen LogP contribution in [0.2, 0.25) is 0 Å². The van der Waals surface area contributed by atoms with Gasteiger partial charge >= 0.3 is 0 Å². The summed E-state index contributed by atoms with van der Waals surface area (Å²) in [5.74, 6) is 0.425. The Morgan fingerprint density at radius 3 is 2.70 bits per heavy atom. The zero-order valence-electron chi connectivity index (χ0n) is 13.2. The lowest BCUT2D eigenvalue weighted by Crippen LogP contribution is -2.39. The Hall–Kier alpha value is -2.43. The van der Waals surface area contributed by atoms with Crippen molar-refractivity contribution in [1.82, 2.24) is 15.1 Å². The molecule has 5 nitrogen and oxygen atoms in total. The largest absolute Gasteiger partial charge is 0.348 e. The second-order valence-corrected chi connectivity index (χ2v) is 6.25. The molecule has 1 heterocycles. The molecule has 1 aliphatic carbocycles. The molecular weight excluding hydrogens is 290 g/mol. The zero-order valence-corrected chi connectivity index (χ0v) is 13.2. The number of rotatable bonds is 3. The molecule has 3 rings (SSSR count). The molecule has 2 aromatic rings. The molecule has 23 heavy (non-hydrogen) atoms. The van der Waals surface area contributed by atoms with Crippen molar-refractivity contribution < 1.29 is 4.79 Å². The molecule has 1 fully saturated rings. The second kappa shape index (κ2) is 6.77. The quantitative estimate of drug-likeness (QED) is 0.947. The van der Waals surface area contributed by atoms with Crippen molar-refractivity contribution in [1.29, 1.82) is 0 Å². The topological polar surface area (TPSA) is 64.0 Å². The second-order valence-electron chi connectivity index (χ2n) is 6.25. The first kappa shape index (κ1) is 15.5. The summed E-state index contributed by atoms with van der Waals surface area (Å²) in [5, 5.41) is 7.27. The van der Waals surface area contributed by atoms with E-state index in [0.29, 0.717) is 11.6 Å². The van der Waals surface area contributed by atoms with Crippen molar-refractivity contribution in [3.8, 4) is 5.69 Å². The predicted molar refractivity (Wildman–Crippen MR) is 88.7 cm³/mol. The minimum absolute atomic E-state index is 0.199. The molecule has 2 atom stereocenters.